The van der Waals surface area contributed by atoms with Crippen LogP contribution in [0, 0.1) is 5.89 Å². The van der Waals surface area contributed by atoms with Gasteiger partial charge in [0.2, 0.25) is 0 Å². The molecule has 3 rings (SSSR count). The zero-order valence-corrected chi connectivity index (χ0v) is 7.87. The lowest BCUT2D eigenvalue weighted by molar-refractivity contribution is 0.0697. The maximum Gasteiger partial charge on any atom is 0.335 e. The van der Waals surface area contributed by atoms with Crippen LogP contribution in [0.2, 0.25) is 0 Å². The van der Waals surface area contributed by atoms with E-state index >= 15 is 0 Å². The zero-order valence-electron chi connectivity index (χ0n) is 12.9. The van der Waals surface area contributed by atoms with Crippen molar-refractivity contribution >= 4 is 5.97 Å². The average molecular weight is 208 g/mol. The Kier molecular flexibility index (Phi) is 0.965. The normalized spacial score (nSPS) is 48.9. The highest BCUT2D eigenvalue weighted by Crippen LogP contribution is 2.56. The van der Waals surface area contributed by atoms with Gasteiger partial charge < -0.3 is 10.4 Å². The van der Waals surface area contributed by atoms with Crippen molar-refractivity contribution in [2.45, 2.75) is 11.8 Å². The molecule has 0 radical (unpaired) electrons. The largest absolute Gasteiger partial charge is 0.478 e. The molecule has 1 heterocycles. The van der Waals surface area contributed by atoms with Crippen LogP contribution in [-0.4, -0.2) is 24.1 Å². The van der Waals surface area contributed by atoms with Gasteiger partial charge in [0.15, 0.2) is 0 Å². The van der Waals surface area contributed by atoms with Crippen molar-refractivity contribution in [3.05, 3.63) is 35.4 Å². The van der Waals surface area contributed by atoms with Crippen molar-refractivity contribution in [1.29, 1.82) is 0 Å². The molecule has 78 valence electrons. The third kappa shape index (κ3) is 1.20. The SMILES string of the molecule is [2H]C1([2H])NC[C@@]2(c3ccc(C(=O)O)cc3)C([2H])([2H])[C@@]12[2H]. The molecular formula is C12H13NO2. The summed E-state index contributed by atoms with van der Waals surface area (Å²) in [5.41, 5.74) is -0.743. The molecular weight excluding hydrogens is 190 g/mol. The van der Waals surface area contributed by atoms with Crippen LogP contribution in [0.1, 0.15) is 29.1 Å². The van der Waals surface area contributed by atoms with Gasteiger partial charge in [-0.1, -0.05) is 12.1 Å². The van der Waals surface area contributed by atoms with Gasteiger partial charge in [0.05, 0.1) is 5.56 Å². The smallest absolute Gasteiger partial charge is 0.335 e. The van der Waals surface area contributed by atoms with E-state index in [9.17, 15) is 4.79 Å². The van der Waals surface area contributed by atoms with E-state index < -0.39 is 30.1 Å². The molecule has 0 spiro atoms. The number of carboxylic acid groups (broad SMARTS) is 1. The molecule has 0 amide bonds. The predicted octanol–water partition coefficient (Wildman–Crippen LogP) is 1.25. The van der Waals surface area contributed by atoms with E-state index in [1.165, 1.54) is 24.3 Å². The Labute approximate surface area is 95.1 Å². The molecule has 1 saturated heterocycles. The third-order valence-corrected chi connectivity index (χ3v) is 2.89. The lowest BCUT2D eigenvalue weighted by Gasteiger charge is -2.11. The quantitative estimate of drug-likeness (QED) is 0.769. The van der Waals surface area contributed by atoms with Crippen LogP contribution in [-0.2, 0) is 5.41 Å². The van der Waals surface area contributed by atoms with Crippen LogP contribution < -0.4 is 5.32 Å². The Hall–Kier alpha value is -1.35. The molecule has 0 aromatic heterocycles. The van der Waals surface area contributed by atoms with Crippen molar-refractivity contribution in [2.75, 3.05) is 13.0 Å². The molecule has 15 heavy (non-hydrogen) atoms. The Morgan fingerprint density at radius 1 is 1.60 bits per heavy atom. The molecule has 1 aromatic carbocycles. The average Bonchev–Trinajstić information content (AvgIpc) is 2.64. The van der Waals surface area contributed by atoms with Crippen LogP contribution in [0.5, 0.6) is 0 Å². The fourth-order valence-electron chi connectivity index (χ4n) is 1.93. The van der Waals surface area contributed by atoms with Crippen molar-refractivity contribution in [3.8, 4) is 0 Å². The van der Waals surface area contributed by atoms with Gasteiger partial charge in [-0.25, -0.2) is 4.79 Å². The Morgan fingerprint density at radius 3 is 2.87 bits per heavy atom. The number of benzene rings is 1. The van der Waals surface area contributed by atoms with Gasteiger partial charge in [-0.05, 0) is 36.5 Å². The zero-order chi connectivity index (χ0) is 15.0. The van der Waals surface area contributed by atoms with Crippen molar-refractivity contribution in [2.24, 2.45) is 5.89 Å². The molecule has 0 unspecified atom stereocenters. The first kappa shape index (κ1) is 5.12. The summed E-state index contributed by atoms with van der Waals surface area (Å²) < 4.78 is 39.9. The van der Waals surface area contributed by atoms with Crippen molar-refractivity contribution in [3.63, 3.8) is 0 Å². The molecule has 1 aliphatic heterocycles. The summed E-state index contributed by atoms with van der Waals surface area (Å²) in [6, 6.07) is 5.66. The van der Waals surface area contributed by atoms with Crippen LogP contribution in [0.4, 0.5) is 0 Å². The summed E-state index contributed by atoms with van der Waals surface area (Å²) in [7, 11) is 0. The molecule has 0 bridgehead atoms. The van der Waals surface area contributed by atoms with E-state index in [0.29, 0.717) is 5.56 Å². The molecule has 2 N–H and O–H groups in total. The second-order valence-electron chi connectivity index (χ2n) is 3.77. The lowest BCUT2D eigenvalue weighted by Crippen LogP contribution is -2.19. The summed E-state index contributed by atoms with van der Waals surface area (Å²) >= 11 is 0. The molecule has 3 nitrogen and oxygen atoms in total. The molecule has 1 saturated carbocycles. The Bertz CT molecular complexity index is 602. The molecule has 2 atom stereocenters. The van der Waals surface area contributed by atoms with E-state index in [-0.39, 0.29) is 12.1 Å². The van der Waals surface area contributed by atoms with Gasteiger partial charge in [-0.15, -0.1) is 0 Å². The van der Waals surface area contributed by atoms with E-state index in [4.69, 9.17) is 12.0 Å². The van der Waals surface area contributed by atoms with Gasteiger partial charge in [0.25, 0.3) is 0 Å². The summed E-state index contributed by atoms with van der Waals surface area (Å²) in [5, 5.41) is 11.4. The van der Waals surface area contributed by atoms with Gasteiger partial charge in [-0.2, -0.15) is 0 Å². The van der Waals surface area contributed by atoms with Crippen LogP contribution >= 0.6 is 0 Å². The highest BCUT2D eigenvalue weighted by molar-refractivity contribution is 5.87. The summed E-state index contributed by atoms with van der Waals surface area (Å²) in [4.78, 5) is 10.8. The highest BCUT2D eigenvalue weighted by Gasteiger charge is 2.57. The number of carboxylic acids is 1. The molecule has 1 aromatic rings. The van der Waals surface area contributed by atoms with Crippen molar-refractivity contribution in [1.82, 2.24) is 5.32 Å². The first-order valence-electron chi connectivity index (χ1n) is 7.21. The minimum atomic E-state index is -2.12. The van der Waals surface area contributed by atoms with E-state index in [0.717, 1.165) is 0 Å². The minimum Gasteiger partial charge on any atom is -0.478 e. The monoisotopic (exact) mass is 208 g/mol. The number of nitrogens with one attached hydrogen (secondary N) is 1. The van der Waals surface area contributed by atoms with Crippen molar-refractivity contribution < 1.29 is 16.8 Å². The standard InChI is InChI=1S/C12H13NO2/c14-11(15)8-1-3-9(4-2-8)12-5-10(12)6-13-7-12/h1-4,10,13H,5-7H2,(H,14,15)/t10-,12+/m0/s1/i5D2,6D2,10D. The summed E-state index contributed by atoms with van der Waals surface area (Å²) in [6.45, 7) is -2.11. The van der Waals surface area contributed by atoms with Gasteiger partial charge >= 0.3 is 5.97 Å². The molecule has 2 aliphatic rings. The number of fused-ring (bicyclic) bond motifs is 1. The van der Waals surface area contributed by atoms with Gasteiger partial charge in [-0.3, -0.25) is 0 Å². The number of aromatic carboxylic acids is 1. The van der Waals surface area contributed by atoms with Crippen LogP contribution in [0.3, 0.4) is 0 Å². The summed E-state index contributed by atoms with van der Waals surface area (Å²) in [5.74, 6) is -2.98. The first-order chi connectivity index (χ1) is 9.12. The lowest BCUT2D eigenvalue weighted by atomic mass is 9.94. The molecule has 3 heteroatoms. The van der Waals surface area contributed by atoms with E-state index in [1.807, 2.05) is 0 Å². The minimum absolute atomic E-state index is 0.0168. The second-order valence-corrected chi connectivity index (χ2v) is 3.77. The highest BCUT2D eigenvalue weighted by atomic mass is 16.4. The number of hydrogen-bond acceptors (Lipinski definition) is 2. The van der Waals surface area contributed by atoms with Crippen LogP contribution in [0.25, 0.3) is 0 Å². The summed E-state index contributed by atoms with van der Waals surface area (Å²) in [6.07, 6.45) is -2.00. The van der Waals surface area contributed by atoms with Gasteiger partial charge in [0, 0.05) is 18.8 Å². The predicted molar refractivity (Wildman–Crippen MR) is 56.1 cm³/mol. The third-order valence-electron chi connectivity index (χ3n) is 2.89. The van der Waals surface area contributed by atoms with Gasteiger partial charge in [0.1, 0.15) is 0 Å². The fourth-order valence-corrected chi connectivity index (χ4v) is 1.93. The second kappa shape index (κ2) is 2.83. The molecule has 2 fully saturated rings. The first-order valence-corrected chi connectivity index (χ1v) is 4.71. The number of hydrogen-bond donors (Lipinski definition) is 2. The Balaban J connectivity index is 2.09. The van der Waals surface area contributed by atoms with E-state index in [2.05, 4.69) is 5.32 Å². The topological polar surface area (TPSA) is 49.3 Å². The maximum absolute atomic E-state index is 10.8. The number of rotatable bonds is 2. The Morgan fingerprint density at radius 2 is 2.33 bits per heavy atom. The van der Waals surface area contributed by atoms with Crippen LogP contribution in [0.15, 0.2) is 24.3 Å². The number of carbonyl (C=O) groups is 1. The van der Waals surface area contributed by atoms with E-state index in [1.54, 1.807) is 0 Å². The fraction of sp³-hybridized carbons (Fsp3) is 0.417. The number of piperidine rings is 1. The maximum atomic E-state index is 10.8. The molecule has 1 aliphatic carbocycles.